The summed E-state index contributed by atoms with van der Waals surface area (Å²) in [5.41, 5.74) is 0.459. The SMILES string of the molecule is COC(=O)C1(OC(C)=O)CCc2c(OC)ccc(OC)c2C1. The molecule has 0 saturated carbocycles. The Bertz CT molecular complexity index is 595. The largest absolute Gasteiger partial charge is 0.496 e. The zero-order chi connectivity index (χ0) is 16.3. The summed E-state index contributed by atoms with van der Waals surface area (Å²) >= 11 is 0. The third kappa shape index (κ3) is 2.73. The molecule has 0 heterocycles. The molecule has 0 aliphatic heterocycles. The quantitative estimate of drug-likeness (QED) is 0.788. The minimum Gasteiger partial charge on any atom is -0.496 e. The van der Waals surface area contributed by atoms with Gasteiger partial charge in [0.05, 0.1) is 21.3 Å². The second kappa shape index (κ2) is 6.25. The summed E-state index contributed by atoms with van der Waals surface area (Å²) in [7, 11) is 4.44. The molecule has 0 saturated heterocycles. The third-order valence-electron chi connectivity index (χ3n) is 3.92. The van der Waals surface area contributed by atoms with Crippen molar-refractivity contribution in [1.29, 1.82) is 0 Å². The first kappa shape index (κ1) is 16.1. The van der Waals surface area contributed by atoms with Crippen LogP contribution in [0, 0.1) is 0 Å². The summed E-state index contributed by atoms with van der Waals surface area (Å²) in [6, 6.07) is 3.60. The fourth-order valence-corrected chi connectivity index (χ4v) is 2.97. The highest BCUT2D eigenvalue weighted by molar-refractivity contribution is 5.84. The minimum atomic E-state index is -1.31. The summed E-state index contributed by atoms with van der Waals surface area (Å²) in [4.78, 5) is 23.7. The lowest BCUT2D eigenvalue weighted by Crippen LogP contribution is -2.48. The van der Waals surface area contributed by atoms with E-state index in [9.17, 15) is 9.59 Å². The van der Waals surface area contributed by atoms with Gasteiger partial charge in [0.15, 0.2) is 0 Å². The Morgan fingerprint density at radius 1 is 1.05 bits per heavy atom. The van der Waals surface area contributed by atoms with Gasteiger partial charge in [-0.1, -0.05) is 0 Å². The van der Waals surface area contributed by atoms with Gasteiger partial charge in [0.25, 0.3) is 0 Å². The first-order valence-corrected chi connectivity index (χ1v) is 6.98. The highest BCUT2D eigenvalue weighted by Gasteiger charge is 2.47. The van der Waals surface area contributed by atoms with Gasteiger partial charge < -0.3 is 18.9 Å². The van der Waals surface area contributed by atoms with E-state index in [1.807, 2.05) is 6.07 Å². The molecule has 1 aromatic rings. The van der Waals surface area contributed by atoms with Crippen LogP contribution >= 0.6 is 0 Å². The minimum absolute atomic E-state index is 0.203. The fourth-order valence-electron chi connectivity index (χ4n) is 2.97. The molecule has 0 spiro atoms. The summed E-state index contributed by atoms with van der Waals surface area (Å²) in [5.74, 6) is 0.293. The Labute approximate surface area is 129 Å². The van der Waals surface area contributed by atoms with Gasteiger partial charge in [-0.25, -0.2) is 4.79 Å². The maximum absolute atomic E-state index is 12.2. The topological polar surface area (TPSA) is 71.1 Å². The van der Waals surface area contributed by atoms with Crippen molar-refractivity contribution in [1.82, 2.24) is 0 Å². The van der Waals surface area contributed by atoms with Gasteiger partial charge >= 0.3 is 11.9 Å². The van der Waals surface area contributed by atoms with E-state index >= 15 is 0 Å². The summed E-state index contributed by atoms with van der Waals surface area (Å²) in [5, 5.41) is 0. The number of hydrogen-bond acceptors (Lipinski definition) is 6. The van der Waals surface area contributed by atoms with Crippen LogP contribution in [-0.2, 0) is 31.9 Å². The smallest absolute Gasteiger partial charge is 0.350 e. The summed E-state index contributed by atoms with van der Waals surface area (Å²) < 4.78 is 20.9. The Hall–Kier alpha value is -2.24. The molecular formula is C16H20O6. The Kier molecular flexibility index (Phi) is 4.59. The molecule has 6 nitrogen and oxygen atoms in total. The van der Waals surface area contributed by atoms with Crippen LogP contribution in [0.2, 0.25) is 0 Å². The van der Waals surface area contributed by atoms with Crippen LogP contribution < -0.4 is 9.47 Å². The van der Waals surface area contributed by atoms with E-state index in [2.05, 4.69) is 0 Å². The third-order valence-corrected chi connectivity index (χ3v) is 3.92. The van der Waals surface area contributed by atoms with Crippen LogP contribution in [0.1, 0.15) is 24.5 Å². The summed E-state index contributed by atoms with van der Waals surface area (Å²) in [6.07, 6.45) is 1.07. The Morgan fingerprint density at radius 3 is 2.14 bits per heavy atom. The zero-order valence-corrected chi connectivity index (χ0v) is 13.2. The molecule has 1 aliphatic carbocycles. The average molecular weight is 308 g/mol. The predicted molar refractivity (Wildman–Crippen MR) is 78.1 cm³/mol. The number of benzene rings is 1. The predicted octanol–water partition coefficient (Wildman–Crippen LogP) is 1.67. The number of carbonyl (C=O) groups excluding carboxylic acids is 2. The fraction of sp³-hybridized carbons (Fsp3) is 0.500. The standard InChI is InChI=1S/C16H20O6/c1-10(17)22-16(15(18)21-4)8-7-11-12(9-16)14(20-3)6-5-13(11)19-2/h5-6H,7-9H2,1-4H3. The van der Waals surface area contributed by atoms with Crippen LogP contribution in [0.5, 0.6) is 11.5 Å². The van der Waals surface area contributed by atoms with Crippen LogP contribution in [-0.4, -0.2) is 38.9 Å². The lowest BCUT2D eigenvalue weighted by Gasteiger charge is -2.35. The Morgan fingerprint density at radius 2 is 1.64 bits per heavy atom. The molecule has 0 aromatic heterocycles. The van der Waals surface area contributed by atoms with Crippen molar-refractivity contribution in [3.63, 3.8) is 0 Å². The molecule has 1 unspecified atom stereocenters. The molecular weight excluding hydrogens is 288 g/mol. The van der Waals surface area contributed by atoms with E-state index < -0.39 is 17.5 Å². The van der Waals surface area contributed by atoms with E-state index in [0.717, 1.165) is 16.9 Å². The molecule has 0 bridgehead atoms. The number of methoxy groups -OCH3 is 3. The van der Waals surface area contributed by atoms with Crippen molar-refractivity contribution >= 4 is 11.9 Å². The normalized spacial score (nSPS) is 19.8. The van der Waals surface area contributed by atoms with Crippen molar-refractivity contribution in [3.8, 4) is 11.5 Å². The van der Waals surface area contributed by atoms with Crippen molar-refractivity contribution in [2.75, 3.05) is 21.3 Å². The van der Waals surface area contributed by atoms with Gasteiger partial charge in [0, 0.05) is 30.9 Å². The number of fused-ring (bicyclic) bond motifs is 1. The molecule has 120 valence electrons. The number of rotatable bonds is 4. The van der Waals surface area contributed by atoms with Crippen LogP contribution in [0.4, 0.5) is 0 Å². The molecule has 2 rings (SSSR count). The van der Waals surface area contributed by atoms with Crippen molar-refractivity contribution in [2.24, 2.45) is 0 Å². The van der Waals surface area contributed by atoms with Gasteiger partial charge in [0.1, 0.15) is 11.5 Å². The highest BCUT2D eigenvalue weighted by atomic mass is 16.6. The highest BCUT2D eigenvalue weighted by Crippen LogP contribution is 2.41. The van der Waals surface area contributed by atoms with Gasteiger partial charge in [-0.05, 0) is 18.6 Å². The van der Waals surface area contributed by atoms with Crippen molar-refractivity contribution < 1.29 is 28.5 Å². The maximum atomic E-state index is 12.2. The van der Waals surface area contributed by atoms with Gasteiger partial charge in [-0.2, -0.15) is 0 Å². The number of carbonyl (C=O) groups is 2. The van der Waals surface area contributed by atoms with E-state index in [4.69, 9.17) is 18.9 Å². The lowest BCUT2D eigenvalue weighted by atomic mass is 9.79. The molecule has 1 atom stereocenters. The zero-order valence-electron chi connectivity index (χ0n) is 13.2. The maximum Gasteiger partial charge on any atom is 0.350 e. The van der Waals surface area contributed by atoms with E-state index in [1.165, 1.54) is 14.0 Å². The molecule has 1 aliphatic rings. The first-order chi connectivity index (χ1) is 10.5. The number of ether oxygens (including phenoxy) is 4. The van der Waals surface area contributed by atoms with Crippen LogP contribution in [0.15, 0.2) is 12.1 Å². The molecule has 0 N–H and O–H groups in total. The molecule has 0 radical (unpaired) electrons. The summed E-state index contributed by atoms with van der Waals surface area (Å²) in [6.45, 7) is 1.28. The van der Waals surface area contributed by atoms with Crippen LogP contribution in [0.3, 0.4) is 0 Å². The van der Waals surface area contributed by atoms with E-state index in [-0.39, 0.29) is 6.42 Å². The molecule has 0 amide bonds. The molecule has 6 heteroatoms. The van der Waals surface area contributed by atoms with Crippen LogP contribution in [0.25, 0.3) is 0 Å². The Balaban J connectivity index is 2.51. The van der Waals surface area contributed by atoms with E-state index in [1.54, 1.807) is 20.3 Å². The molecule has 1 aromatic carbocycles. The second-order valence-corrected chi connectivity index (χ2v) is 5.18. The number of hydrogen-bond donors (Lipinski definition) is 0. The average Bonchev–Trinajstić information content (AvgIpc) is 2.52. The number of esters is 2. The van der Waals surface area contributed by atoms with E-state index in [0.29, 0.717) is 18.6 Å². The van der Waals surface area contributed by atoms with Gasteiger partial charge in [-0.15, -0.1) is 0 Å². The lowest BCUT2D eigenvalue weighted by molar-refractivity contribution is -0.181. The molecule has 22 heavy (non-hydrogen) atoms. The van der Waals surface area contributed by atoms with Crippen molar-refractivity contribution in [2.45, 2.75) is 31.8 Å². The van der Waals surface area contributed by atoms with Crippen molar-refractivity contribution in [3.05, 3.63) is 23.3 Å². The first-order valence-electron chi connectivity index (χ1n) is 6.98. The molecule has 0 fully saturated rings. The van der Waals surface area contributed by atoms with Gasteiger partial charge in [0.2, 0.25) is 5.60 Å². The van der Waals surface area contributed by atoms with Gasteiger partial charge in [-0.3, -0.25) is 4.79 Å². The second-order valence-electron chi connectivity index (χ2n) is 5.18. The monoisotopic (exact) mass is 308 g/mol.